The molecule has 35 heavy (non-hydrogen) atoms. The van der Waals surface area contributed by atoms with Crippen LogP contribution in [-0.2, 0) is 9.59 Å². The van der Waals surface area contributed by atoms with Crippen LogP contribution in [0.25, 0.3) is 5.76 Å². The van der Waals surface area contributed by atoms with E-state index in [-0.39, 0.29) is 11.3 Å². The number of aryl methyl sites for hydroxylation is 1. The van der Waals surface area contributed by atoms with Gasteiger partial charge in [0, 0.05) is 12.1 Å². The van der Waals surface area contributed by atoms with Crippen LogP contribution in [0.4, 0.5) is 0 Å². The molecule has 1 fully saturated rings. The molecule has 1 heterocycles. The van der Waals surface area contributed by atoms with Crippen molar-refractivity contribution >= 4 is 17.4 Å². The van der Waals surface area contributed by atoms with Crippen LogP contribution in [0.5, 0.6) is 11.5 Å². The number of carbonyl (C=O) groups excluding carboxylic acids is 2. The number of hydrogen-bond donors (Lipinski definition) is 1. The first-order valence-electron chi connectivity index (χ1n) is 11.8. The Labute approximate surface area is 207 Å². The number of benzene rings is 2. The maximum atomic E-state index is 13.2. The molecule has 1 unspecified atom stereocenters. The van der Waals surface area contributed by atoms with Gasteiger partial charge in [0.05, 0.1) is 18.2 Å². The van der Waals surface area contributed by atoms with Crippen molar-refractivity contribution in [2.45, 2.75) is 26.3 Å². The fraction of sp³-hybridized carbons (Fsp3) is 0.357. The summed E-state index contributed by atoms with van der Waals surface area (Å²) in [6.07, 6.45) is 2.35. The van der Waals surface area contributed by atoms with Crippen LogP contribution in [0, 0.1) is 6.92 Å². The molecule has 3 rings (SSSR count). The van der Waals surface area contributed by atoms with Crippen molar-refractivity contribution < 1.29 is 24.2 Å². The van der Waals surface area contributed by atoms with Crippen LogP contribution in [-0.4, -0.2) is 67.0 Å². The second kappa shape index (κ2) is 11.7. The molecular weight excluding hydrogens is 444 g/mol. The third-order valence-corrected chi connectivity index (χ3v) is 5.87. The topological polar surface area (TPSA) is 79.3 Å². The summed E-state index contributed by atoms with van der Waals surface area (Å²) in [5, 5.41) is 11.3. The van der Waals surface area contributed by atoms with E-state index in [0.29, 0.717) is 43.2 Å². The fourth-order valence-electron chi connectivity index (χ4n) is 4.22. The summed E-state index contributed by atoms with van der Waals surface area (Å²) in [7, 11) is 3.92. The van der Waals surface area contributed by atoms with Crippen molar-refractivity contribution in [3.05, 3.63) is 77.4 Å². The number of likely N-dealkylation sites (tertiary alicyclic amines) is 1. The summed E-state index contributed by atoms with van der Waals surface area (Å²) in [6.45, 7) is 9.44. The van der Waals surface area contributed by atoms with Gasteiger partial charge in [0.2, 0.25) is 0 Å². The predicted molar refractivity (Wildman–Crippen MR) is 137 cm³/mol. The largest absolute Gasteiger partial charge is 0.507 e. The summed E-state index contributed by atoms with van der Waals surface area (Å²) in [4.78, 5) is 29.9. The van der Waals surface area contributed by atoms with E-state index in [1.54, 1.807) is 35.2 Å². The minimum Gasteiger partial charge on any atom is -0.507 e. The van der Waals surface area contributed by atoms with Crippen molar-refractivity contribution in [2.75, 3.05) is 40.4 Å². The van der Waals surface area contributed by atoms with Crippen molar-refractivity contribution in [1.29, 1.82) is 0 Å². The summed E-state index contributed by atoms with van der Waals surface area (Å²) >= 11 is 0. The van der Waals surface area contributed by atoms with Crippen molar-refractivity contribution in [3.63, 3.8) is 0 Å². The number of Topliss-reactive ketones (excluding diaryl/α,β-unsaturated/α-hetero) is 1. The Kier molecular flexibility index (Phi) is 8.71. The maximum Gasteiger partial charge on any atom is 0.295 e. The van der Waals surface area contributed by atoms with E-state index < -0.39 is 17.7 Å². The molecule has 7 heteroatoms. The Morgan fingerprint density at radius 3 is 2.40 bits per heavy atom. The molecule has 7 nitrogen and oxygen atoms in total. The highest BCUT2D eigenvalue weighted by atomic mass is 16.5. The van der Waals surface area contributed by atoms with Gasteiger partial charge in [0.25, 0.3) is 11.7 Å². The molecule has 1 aliphatic heterocycles. The molecule has 2 aromatic carbocycles. The van der Waals surface area contributed by atoms with E-state index in [1.807, 2.05) is 51.0 Å². The van der Waals surface area contributed by atoms with Crippen molar-refractivity contribution in [1.82, 2.24) is 9.80 Å². The Balaban J connectivity index is 2.07. The zero-order valence-electron chi connectivity index (χ0n) is 20.9. The van der Waals surface area contributed by atoms with E-state index >= 15 is 0 Å². The fourth-order valence-corrected chi connectivity index (χ4v) is 4.22. The van der Waals surface area contributed by atoms with Crippen LogP contribution in [0.1, 0.15) is 36.1 Å². The molecule has 1 atom stereocenters. The number of aliphatic hydroxyl groups excluding tert-OH is 1. The molecule has 1 amide bonds. The number of carbonyl (C=O) groups is 2. The first-order chi connectivity index (χ1) is 16.8. The van der Waals surface area contributed by atoms with Gasteiger partial charge in [0.1, 0.15) is 23.9 Å². The smallest absolute Gasteiger partial charge is 0.295 e. The number of aliphatic hydroxyl groups is 1. The Hall–Kier alpha value is -3.58. The zero-order chi connectivity index (χ0) is 25.5. The highest BCUT2D eigenvalue weighted by Crippen LogP contribution is 2.40. The third-order valence-electron chi connectivity index (χ3n) is 5.87. The van der Waals surface area contributed by atoms with Gasteiger partial charge >= 0.3 is 0 Å². The molecule has 1 N–H and O–H groups in total. The highest BCUT2D eigenvalue weighted by Gasteiger charge is 2.45. The van der Waals surface area contributed by atoms with Gasteiger partial charge in [-0.1, -0.05) is 24.8 Å². The molecule has 1 saturated heterocycles. The predicted octanol–water partition coefficient (Wildman–Crippen LogP) is 4.33. The lowest BCUT2D eigenvalue weighted by molar-refractivity contribution is -0.139. The lowest BCUT2D eigenvalue weighted by Crippen LogP contribution is -2.32. The molecule has 2 aromatic rings. The van der Waals surface area contributed by atoms with E-state index in [9.17, 15) is 14.7 Å². The molecule has 186 valence electrons. The second-order valence-electron chi connectivity index (χ2n) is 8.73. The van der Waals surface area contributed by atoms with Gasteiger partial charge in [-0.05, 0) is 82.4 Å². The van der Waals surface area contributed by atoms with Crippen LogP contribution in [0.3, 0.4) is 0 Å². The van der Waals surface area contributed by atoms with Crippen molar-refractivity contribution in [3.8, 4) is 11.5 Å². The number of amides is 1. The first kappa shape index (κ1) is 26.0. The molecule has 0 aromatic heterocycles. The number of hydrogen-bond acceptors (Lipinski definition) is 6. The molecule has 0 aliphatic carbocycles. The molecular formula is C28H34N2O5. The normalized spacial score (nSPS) is 17.2. The Bertz CT molecular complexity index is 1100. The van der Waals surface area contributed by atoms with Gasteiger partial charge < -0.3 is 24.4 Å². The van der Waals surface area contributed by atoms with E-state index in [2.05, 4.69) is 6.58 Å². The number of rotatable bonds is 11. The lowest BCUT2D eigenvalue weighted by atomic mass is 9.93. The monoisotopic (exact) mass is 478 g/mol. The van der Waals surface area contributed by atoms with Gasteiger partial charge in [0.15, 0.2) is 0 Å². The minimum absolute atomic E-state index is 0.0897. The Morgan fingerprint density at radius 1 is 1.11 bits per heavy atom. The van der Waals surface area contributed by atoms with Crippen LogP contribution in [0.15, 0.2) is 60.7 Å². The average Bonchev–Trinajstić information content (AvgIpc) is 3.08. The van der Waals surface area contributed by atoms with E-state index in [0.717, 1.165) is 17.7 Å². The zero-order valence-corrected chi connectivity index (χ0v) is 20.9. The van der Waals surface area contributed by atoms with Gasteiger partial charge in [-0.15, -0.1) is 0 Å². The molecule has 1 aliphatic rings. The SMILES string of the molecule is C=CCOc1ccc(C2/C(=C(\O)c3ccc(OCC)cc3C)C(=O)C(=O)N2CCCN(C)C)cc1. The Morgan fingerprint density at radius 2 is 1.80 bits per heavy atom. The van der Waals surface area contributed by atoms with Gasteiger partial charge in [-0.3, -0.25) is 9.59 Å². The van der Waals surface area contributed by atoms with Crippen molar-refractivity contribution in [2.24, 2.45) is 0 Å². The summed E-state index contributed by atoms with van der Waals surface area (Å²) in [5.41, 5.74) is 2.06. The number of nitrogens with zero attached hydrogens (tertiary/aromatic N) is 2. The van der Waals surface area contributed by atoms with Crippen LogP contribution >= 0.6 is 0 Å². The molecule has 0 radical (unpaired) electrons. The third kappa shape index (κ3) is 5.92. The molecule has 0 spiro atoms. The van der Waals surface area contributed by atoms with Gasteiger partial charge in [-0.2, -0.15) is 0 Å². The van der Waals surface area contributed by atoms with Crippen LogP contribution < -0.4 is 9.47 Å². The maximum absolute atomic E-state index is 13.2. The summed E-state index contributed by atoms with van der Waals surface area (Å²) in [5.74, 6) is -0.141. The highest BCUT2D eigenvalue weighted by molar-refractivity contribution is 6.46. The molecule has 0 bridgehead atoms. The van der Waals surface area contributed by atoms with E-state index in [4.69, 9.17) is 9.47 Å². The minimum atomic E-state index is -0.698. The van der Waals surface area contributed by atoms with E-state index in [1.165, 1.54) is 0 Å². The first-order valence-corrected chi connectivity index (χ1v) is 11.8. The average molecular weight is 479 g/mol. The van der Waals surface area contributed by atoms with Gasteiger partial charge in [-0.25, -0.2) is 0 Å². The molecule has 0 saturated carbocycles. The number of ether oxygens (including phenoxy) is 2. The summed E-state index contributed by atoms with van der Waals surface area (Å²) in [6, 6.07) is 11.8. The van der Waals surface area contributed by atoms with Crippen LogP contribution in [0.2, 0.25) is 0 Å². The second-order valence-corrected chi connectivity index (χ2v) is 8.73. The number of ketones is 1. The quantitative estimate of drug-likeness (QED) is 0.224. The summed E-state index contributed by atoms with van der Waals surface area (Å²) < 4.78 is 11.1. The standard InChI is InChI=1S/C28H34N2O5/c1-6-17-35-21-11-9-20(10-12-21)25-24(27(32)28(33)30(25)16-8-15-29(4)5)26(31)23-14-13-22(34-7-2)18-19(23)3/h6,9-14,18,25,31H,1,7-8,15-17H2,2-5H3/b26-24+. The lowest BCUT2D eigenvalue weighted by Gasteiger charge is -2.26.